The summed E-state index contributed by atoms with van der Waals surface area (Å²) in [6, 6.07) is 20.3. The summed E-state index contributed by atoms with van der Waals surface area (Å²) in [7, 11) is 2.12. The monoisotopic (exact) mass is 474 g/mol. The maximum absolute atomic E-state index is 7.04. The normalized spacial score (nSPS) is 21.5. The first kappa shape index (κ1) is 21.9. The summed E-state index contributed by atoms with van der Waals surface area (Å²) >= 11 is 12.9. The largest absolute Gasteiger partial charge is 0.365 e. The number of benzene rings is 2. The molecule has 1 saturated heterocycles. The molecule has 0 radical (unpaired) electrons. The number of nitrogens with zero attached hydrogens (tertiary/aromatic N) is 3. The second kappa shape index (κ2) is 8.15. The molecule has 2 aliphatic rings. The maximum Gasteiger partial charge on any atom is 0.174 e. The molecule has 3 aromatic rings. The number of hydrogen-bond acceptors (Lipinski definition) is 3. The van der Waals surface area contributed by atoms with E-state index >= 15 is 0 Å². The van der Waals surface area contributed by atoms with Crippen molar-refractivity contribution >= 4 is 45.9 Å². The van der Waals surface area contributed by atoms with E-state index in [2.05, 4.69) is 78.3 Å². The zero-order valence-electron chi connectivity index (χ0n) is 19.2. The highest BCUT2D eigenvalue weighted by Crippen LogP contribution is 2.47. The summed E-state index contributed by atoms with van der Waals surface area (Å²) in [5.41, 5.74) is 6.50. The molecule has 0 saturated carbocycles. The van der Waals surface area contributed by atoms with Crippen molar-refractivity contribution in [2.45, 2.75) is 38.4 Å². The molecular formula is C27H27ClN4S. The quantitative estimate of drug-likeness (QED) is 0.435. The third-order valence-electron chi connectivity index (χ3n) is 6.79. The first-order valence-electron chi connectivity index (χ1n) is 11.1. The average Bonchev–Trinajstić information content (AvgIpc) is 3.15. The summed E-state index contributed by atoms with van der Waals surface area (Å²) in [4.78, 5) is 9.10. The van der Waals surface area contributed by atoms with E-state index in [4.69, 9.17) is 23.8 Å². The smallest absolute Gasteiger partial charge is 0.174 e. The minimum atomic E-state index is -0.138. The lowest BCUT2D eigenvalue weighted by Gasteiger charge is -2.41. The molecule has 2 aromatic carbocycles. The van der Waals surface area contributed by atoms with E-state index < -0.39 is 0 Å². The number of thiocarbonyl (C=S) groups is 1. The Bertz CT molecular complexity index is 1240. The number of allylic oxidation sites excluding steroid dienone is 1. The van der Waals surface area contributed by atoms with Crippen molar-refractivity contribution in [3.8, 4) is 0 Å². The fraction of sp³-hybridized carbons (Fsp3) is 0.259. The first-order valence-corrected chi connectivity index (χ1v) is 11.9. The van der Waals surface area contributed by atoms with Crippen molar-refractivity contribution in [1.29, 1.82) is 0 Å². The van der Waals surface area contributed by atoms with Crippen LogP contribution in [0.15, 0.2) is 72.9 Å². The van der Waals surface area contributed by atoms with E-state index in [-0.39, 0.29) is 17.6 Å². The molecule has 1 fully saturated rings. The molecule has 2 atom stereocenters. The van der Waals surface area contributed by atoms with Crippen LogP contribution >= 0.6 is 23.8 Å². The van der Waals surface area contributed by atoms with Crippen molar-refractivity contribution in [1.82, 2.24) is 10.3 Å². The molecule has 1 aromatic heterocycles. The lowest BCUT2D eigenvalue weighted by molar-refractivity contribution is 0.567. The second-order valence-corrected chi connectivity index (χ2v) is 10.1. The maximum atomic E-state index is 7.04. The minimum absolute atomic E-state index is 0.0784. The number of nitrogens with one attached hydrogen (secondary N) is 1. The number of fused-ring (bicyclic) bond motifs is 1. The zero-order valence-corrected chi connectivity index (χ0v) is 20.8. The predicted molar refractivity (Wildman–Crippen MR) is 142 cm³/mol. The van der Waals surface area contributed by atoms with Crippen LogP contribution in [0.2, 0.25) is 5.02 Å². The van der Waals surface area contributed by atoms with Gasteiger partial charge in [-0.25, -0.2) is 0 Å². The summed E-state index contributed by atoms with van der Waals surface area (Å²) < 4.78 is 0. The number of rotatable bonds is 3. The van der Waals surface area contributed by atoms with Gasteiger partial charge in [-0.3, -0.25) is 4.98 Å². The molecule has 0 amide bonds. The number of aromatic nitrogens is 1. The van der Waals surface area contributed by atoms with Crippen molar-refractivity contribution in [3.63, 3.8) is 0 Å². The molecule has 5 rings (SSSR count). The van der Waals surface area contributed by atoms with Gasteiger partial charge in [0.1, 0.15) is 0 Å². The average molecular weight is 475 g/mol. The molecule has 3 heterocycles. The lowest BCUT2D eigenvalue weighted by atomic mass is 9.86. The minimum Gasteiger partial charge on any atom is -0.365 e. The summed E-state index contributed by atoms with van der Waals surface area (Å²) in [5.74, 6) is 0. The standard InChI is InChI=1S/C27H27ClN4S/c1-17-16-27(2,3)31(4)23-15-21(28)20(14-19(17)23)25-24(22-12-8-9-13-29-22)30-26(33)32(25)18-10-6-5-7-11-18/h5-16,24-25H,1-4H3,(H,30,33)/t24-,25-/m0/s1. The Labute approximate surface area is 205 Å². The van der Waals surface area contributed by atoms with Crippen LogP contribution < -0.4 is 15.1 Å². The number of likely N-dealkylation sites (N-methyl/N-ethyl adjacent to an activating group) is 1. The molecule has 33 heavy (non-hydrogen) atoms. The Morgan fingerprint density at radius 2 is 1.79 bits per heavy atom. The highest BCUT2D eigenvalue weighted by molar-refractivity contribution is 7.80. The summed E-state index contributed by atoms with van der Waals surface area (Å²) in [6.07, 6.45) is 4.14. The van der Waals surface area contributed by atoms with Gasteiger partial charge in [0.2, 0.25) is 0 Å². The van der Waals surface area contributed by atoms with Crippen LogP contribution in [0.4, 0.5) is 11.4 Å². The van der Waals surface area contributed by atoms with Crippen LogP contribution in [0, 0.1) is 0 Å². The van der Waals surface area contributed by atoms with Crippen molar-refractivity contribution in [3.05, 3.63) is 94.8 Å². The topological polar surface area (TPSA) is 31.4 Å². The van der Waals surface area contributed by atoms with Crippen LogP contribution in [-0.2, 0) is 0 Å². The van der Waals surface area contributed by atoms with Crippen LogP contribution in [0.25, 0.3) is 5.57 Å². The van der Waals surface area contributed by atoms with Crippen LogP contribution in [0.3, 0.4) is 0 Å². The number of hydrogen-bond donors (Lipinski definition) is 1. The Balaban J connectivity index is 1.70. The fourth-order valence-corrected chi connectivity index (χ4v) is 5.57. The Morgan fingerprint density at radius 3 is 2.48 bits per heavy atom. The predicted octanol–water partition coefficient (Wildman–Crippen LogP) is 6.54. The van der Waals surface area contributed by atoms with Gasteiger partial charge in [0.25, 0.3) is 0 Å². The van der Waals surface area contributed by atoms with Gasteiger partial charge in [0.15, 0.2) is 5.11 Å². The number of pyridine rings is 1. The molecule has 6 heteroatoms. The van der Waals surface area contributed by atoms with Crippen molar-refractivity contribution in [2.75, 3.05) is 16.8 Å². The Morgan fingerprint density at radius 1 is 1.06 bits per heavy atom. The van der Waals surface area contributed by atoms with E-state index in [0.29, 0.717) is 5.11 Å². The Kier molecular flexibility index (Phi) is 5.42. The third kappa shape index (κ3) is 3.69. The van der Waals surface area contributed by atoms with Crippen molar-refractivity contribution in [2.24, 2.45) is 0 Å². The van der Waals surface area contributed by atoms with Gasteiger partial charge in [0.05, 0.1) is 23.3 Å². The van der Waals surface area contributed by atoms with Gasteiger partial charge in [-0.1, -0.05) is 41.9 Å². The first-order chi connectivity index (χ1) is 15.8. The number of anilines is 2. The number of para-hydroxylation sites is 1. The van der Waals surface area contributed by atoms with Gasteiger partial charge in [-0.15, -0.1) is 0 Å². The molecule has 4 nitrogen and oxygen atoms in total. The van der Waals surface area contributed by atoms with Gasteiger partial charge in [0, 0.05) is 35.2 Å². The Hall–Kier alpha value is -2.89. The molecular weight excluding hydrogens is 448 g/mol. The third-order valence-corrected chi connectivity index (χ3v) is 7.43. The van der Waals surface area contributed by atoms with E-state index in [1.807, 2.05) is 42.6 Å². The molecule has 0 unspecified atom stereocenters. The molecule has 1 N–H and O–H groups in total. The SMILES string of the molecule is CC1=CC(C)(C)N(C)c2cc(Cl)c([C@H]3[C@H](c4ccccn4)NC(=S)N3c3ccccc3)cc21. The van der Waals surface area contributed by atoms with Crippen LogP contribution in [-0.4, -0.2) is 22.7 Å². The molecule has 168 valence electrons. The molecule has 0 aliphatic carbocycles. The van der Waals surface area contributed by atoms with Crippen molar-refractivity contribution < 1.29 is 0 Å². The van der Waals surface area contributed by atoms with Gasteiger partial charge >= 0.3 is 0 Å². The lowest BCUT2D eigenvalue weighted by Crippen LogP contribution is -2.42. The zero-order chi connectivity index (χ0) is 23.3. The van der Waals surface area contributed by atoms with E-state index in [1.54, 1.807) is 0 Å². The fourth-order valence-electron chi connectivity index (χ4n) is 4.95. The van der Waals surface area contributed by atoms with Crippen LogP contribution in [0.5, 0.6) is 0 Å². The highest BCUT2D eigenvalue weighted by atomic mass is 35.5. The van der Waals surface area contributed by atoms with Gasteiger partial charge in [-0.05, 0) is 80.5 Å². The van der Waals surface area contributed by atoms with Gasteiger partial charge in [-0.2, -0.15) is 0 Å². The molecule has 2 aliphatic heterocycles. The summed E-state index contributed by atoms with van der Waals surface area (Å²) in [6.45, 7) is 6.61. The van der Waals surface area contributed by atoms with Gasteiger partial charge < -0.3 is 15.1 Å². The highest BCUT2D eigenvalue weighted by Gasteiger charge is 2.42. The van der Waals surface area contributed by atoms with E-state index in [1.165, 1.54) is 11.1 Å². The van der Waals surface area contributed by atoms with E-state index in [9.17, 15) is 0 Å². The number of halogens is 1. The second-order valence-electron chi connectivity index (χ2n) is 9.26. The summed E-state index contributed by atoms with van der Waals surface area (Å²) in [5, 5.41) is 4.91. The van der Waals surface area contributed by atoms with Crippen LogP contribution in [0.1, 0.15) is 49.7 Å². The van der Waals surface area contributed by atoms with E-state index in [0.717, 1.165) is 27.7 Å². The molecule has 0 spiro atoms. The molecule has 0 bridgehead atoms.